The summed E-state index contributed by atoms with van der Waals surface area (Å²) in [5, 5.41) is 48.1. The van der Waals surface area contributed by atoms with Crippen LogP contribution in [-0.4, -0.2) is 20.4 Å². The second kappa shape index (κ2) is 15.3. The maximum Gasteiger partial charge on any atom is 0.122 e. The monoisotopic (exact) mass is 748 g/mol. The molecule has 0 atom stereocenters. The first kappa shape index (κ1) is 38.4. The van der Waals surface area contributed by atoms with Gasteiger partial charge in [-0.2, -0.15) is 0 Å². The summed E-state index contributed by atoms with van der Waals surface area (Å²) in [7, 11) is 0. The lowest BCUT2D eigenvalue weighted by Gasteiger charge is -2.25. The van der Waals surface area contributed by atoms with Crippen LogP contribution in [-0.2, 0) is 49.7 Å². The van der Waals surface area contributed by atoms with Crippen LogP contribution in [0.2, 0.25) is 0 Å². The summed E-state index contributed by atoms with van der Waals surface area (Å²) in [4.78, 5) is 0. The van der Waals surface area contributed by atoms with E-state index in [4.69, 9.17) is 9.47 Å². The molecule has 0 saturated heterocycles. The number of hydrogen-bond acceptors (Lipinski definition) is 6. The van der Waals surface area contributed by atoms with Gasteiger partial charge in [-0.25, -0.2) is 0 Å². The molecule has 4 N–H and O–H groups in total. The van der Waals surface area contributed by atoms with Crippen LogP contribution in [0.4, 0.5) is 0 Å². The van der Waals surface area contributed by atoms with Crippen molar-refractivity contribution in [3.63, 3.8) is 0 Å². The molecule has 0 amide bonds. The van der Waals surface area contributed by atoms with Crippen LogP contribution >= 0.6 is 0 Å². The van der Waals surface area contributed by atoms with Crippen LogP contribution in [0.3, 0.4) is 0 Å². The molecule has 0 radical (unpaired) electrons. The van der Waals surface area contributed by atoms with Gasteiger partial charge in [0.2, 0.25) is 0 Å². The van der Waals surface area contributed by atoms with Crippen molar-refractivity contribution in [1.29, 1.82) is 0 Å². The number of fused-ring (bicyclic) bond motifs is 8. The largest absolute Gasteiger partial charge is 0.507 e. The van der Waals surface area contributed by atoms with E-state index in [0.717, 1.165) is 33.8 Å². The Morgan fingerprint density at radius 1 is 0.393 bits per heavy atom. The second-order valence-electron chi connectivity index (χ2n) is 17.2. The van der Waals surface area contributed by atoms with Gasteiger partial charge in [-0.1, -0.05) is 102 Å². The molecule has 6 aromatic carbocycles. The Bertz CT molecular complexity index is 2100. The molecule has 6 heteroatoms. The zero-order valence-electron chi connectivity index (χ0n) is 33.2. The van der Waals surface area contributed by atoms with Crippen LogP contribution in [0.5, 0.6) is 34.5 Å². The van der Waals surface area contributed by atoms with Gasteiger partial charge < -0.3 is 29.9 Å². The predicted molar refractivity (Wildman–Crippen MR) is 223 cm³/mol. The van der Waals surface area contributed by atoms with Gasteiger partial charge in [-0.3, -0.25) is 0 Å². The van der Waals surface area contributed by atoms with Crippen molar-refractivity contribution in [3.05, 3.63) is 176 Å². The lowest BCUT2D eigenvalue weighted by molar-refractivity contribution is 0.305. The lowest BCUT2D eigenvalue weighted by atomic mass is 9.81. The molecule has 0 unspecified atom stereocenters. The smallest absolute Gasteiger partial charge is 0.122 e. The number of phenols is 4. The summed E-state index contributed by atoms with van der Waals surface area (Å²) in [6, 6.07) is 35.1. The second-order valence-corrected chi connectivity index (χ2v) is 17.2. The van der Waals surface area contributed by atoms with Crippen molar-refractivity contribution in [3.8, 4) is 34.5 Å². The first-order valence-corrected chi connectivity index (χ1v) is 19.4. The molecule has 6 aromatic rings. The minimum absolute atomic E-state index is 0.121. The topological polar surface area (TPSA) is 99.4 Å². The summed E-state index contributed by atoms with van der Waals surface area (Å²) < 4.78 is 12.4. The van der Waals surface area contributed by atoms with Crippen molar-refractivity contribution >= 4 is 0 Å². The van der Waals surface area contributed by atoms with E-state index >= 15 is 0 Å². The molecular weight excluding hydrogens is 697 g/mol. The van der Waals surface area contributed by atoms with Gasteiger partial charge in [-0.05, 0) is 126 Å². The number of rotatable bonds is 6. The standard InChI is InChI=1S/C50H52O6/c1-49(2,3)41-25-37-21-33-17-31(29-55-43-13-9-7-10-14-43)19-35(45(33)51)23-39-27-42(50(4,5)6)28-40(48(39)54)24-36-20-32(30-56-44-15-11-8-12-16-44)18-34(46(36)52)22-38(26-41)47(37)53/h7-20,25-28,51-54H,21-24,29-30H2,1-6H3. The number of benzene rings is 6. The van der Waals surface area contributed by atoms with Crippen molar-refractivity contribution in [2.45, 2.75) is 91.3 Å². The van der Waals surface area contributed by atoms with Crippen LogP contribution in [0, 0.1) is 0 Å². The Morgan fingerprint density at radius 3 is 0.893 bits per heavy atom. The van der Waals surface area contributed by atoms with Gasteiger partial charge >= 0.3 is 0 Å². The Labute approximate surface area is 330 Å². The molecule has 0 saturated carbocycles. The van der Waals surface area contributed by atoms with Crippen LogP contribution < -0.4 is 9.47 Å². The molecular formula is C50H52O6. The first-order valence-electron chi connectivity index (χ1n) is 19.4. The van der Waals surface area contributed by atoms with E-state index in [2.05, 4.69) is 41.5 Å². The third kappa shape index (κ3) is 8.50. The van der Waals surface area contributed by atoms with Gasteiger partial charge in [0.25, 0.3) is 0 Å². The number of phenolic OH excluding ortho intramolecular Hbond substituents is 4. The molecule has 0 aliphatic heterocycles. The summed E-state index contributed by atoms with van der Waals surface area (Å²) in [5.41, 5.74) is 8.55. The molecule has 288 valence electrons. The Hall–Kier alpha value is -5.88. The van der Waals surface area contributed by atoms with Crippen molar-refractivity contribution in [2.24, 2.45) is 0 Å². The number of para-hydroxylation sites is 2. The number of hydrogen-bond donors (Lipinski definition) is 4. The Balaban J connectivity index is 1.43. The van der Waals surface area contributed by atoms with E-state index in [9.17, 15) is 20.4 Å². The summed E-state index contributed by atoms with van der Waals surface area (Å²) in [6.45, 7) is 13.4. The molecule has 7 rings (SSSR count). The van der Waals surface area contributed by atoms with Crippen LogP contribution in [0.15, 0.2) is 109 Å². The molecule has 0 aromatic heterocycles. The highest BCUT2D eigenvalue weighted by Gasteiger charge is 2.25. The summed E-state index contributed by atoms with van der Waals surface area (Å²) in [6.07, 6.45) is 1.01. The SMILES string of the molecule is CC(C)(C)c1cc2c(O)c(c1)Cc1cc(COc3ccccc3)cc(c1O)Cc1cc(C(C)(C)C)cc(c1O)Cc1cc(COc3ccccc3)cc(c1O)C2. The maximum absolute atomic E-state index is 12.0. The molecule has 0 spiro atoms. The molecule has 56 heavy (non-hydrogen) atoms. The Morgan fingerprint density at radius 2 is 0.643 bits per heavy atom. The predicted octanol–water partition coefficient (Wildman–Crippen LogP) is 10.9. The summed E-state index contributed by atoms with van der Waals surface area (Å²) in [5.74, 6) is 1.97. The molecule has 8 bridgehead atoms. The van der Waals surface area contributed by atoms with E-state index in [1.165, 1.54) is 0 Å². The Kier molecular flexibility index (Phi) is 10.5. The van der Waals surface area contributed by atoms with Gasteiger partial charge in [0.15, 0.2) is 0 Å². The number of ether oxygens (including phenoxy) is 2. The third-order valence-corrected chi connectivity index (χ3v) is 10.7. The minimum atomic E-state index is -0.250. The van der Waals surface area contributed by atoms with Crippen LogP contribution in [0.1, 0.15) is 108 Å². The zero-order chi connectivity index (χ0) is 39.8. The maximum atomic E-state index is 12.0. The van der Waals surface area contributed by atoms with Crippen molar-refractivity contribution in [1.82, 2.24) is 0 Å². The minimum Gasteiger partial charge on any atom is -0.507 e. The van der Waals surface area contributed by atoms with E-state index in [1.54, 1.807) is 0 Å². The fourth-order valence-electron chi connectivity index (χ4n) is 7.48. The van der Waals surface area contributed by atoms with Crippen molar-refractivity contribution in [2.75, 3.05) is 0 Å². The fraction of sp³-hybridized carbons (Fsp3) is 0.280. The normalized spacial score (nSPS) is 13.0. The number of aromatic hydroxyl groups is 4. The zero-order valence-corrected chi connectivity index (χ0v) is 33.2. The average Bonchev–Trinajstić information content (AvgIpc) is 3.15. The van der Waals surface area contributed by atoms with Gasteiger partial charge in [0.05, 0.1) is 0 Å². The quantitative estimate of drug-likeness (QED) is 0.135. The van der Waals surface area contributed by atoms with Crippen LogP contribution in [0.25, 0.3) is 0 Å². The molecule has 1 aliphatic rings. The highest BCUT2D eigenvalue weighted by molar-refractivity contribution is 5.58. The van der Waals surface area contributed by atoms with Gasteiger partial charge in [-0.15, -0.1) is 0 Å². The lowest BCUT2D eigenvalue weighted by Crippen LogP contribution is -2.13. The average molecular weight is 749 g/mol. The molecule has 0 heterocycles. The van der Waals surface area contributed by atoms with E-state index in [0.29, 0.717) is 44.5 Å². The fourth-order valence-corrected chi connectivity index (χ4v) is 7.48. The summed E-state index contributed by atoms with van der Waals surface area (Å²) >= 11 is 0. The van der Waals surface area contributed by atoms with E-state index in [1.807, 2.05) is 109 Å². The van der Waals surface area contributed by atoms with Gasteiger partial charge in [0, 0.05) is 25.7 Å². The van der Waals surface area contributed by atoms with E-state index in [-0.39, 0.29) is 72.7 Å². The molecule has 0 fully saturated rings. The van der Waals surface area contributed by atoms with E-state index < -0.39 is 0 Å². The highest BCUT2D eigenvalue weighted by atomic mass is 16.5. The molecule has 1 aliphatic carbocycles. The highest BCUT2D eigenvalue weighted by Crippen LogP contribution is 2.41. The first-order chi connectivity index (χ1) is 26.6. The van der Waals surface area contributed by atoms with Crippen molar-refractivity contribution < 1.29 is 29.9 Å². The third-order valence-electron chi connectivity index (χ3n) is 10.7. The van der Waals surface area contributed by atoms with Gasteiger partial charge in [0.1, 0.15) is 47.7 Å². The molecule has 6 nitrogen and oxygen atoms in total.